The van der Waals surface area contributed by atoms with Crippen LogP contribution in [-0.2, 0) is 24.2 Å². The van der Waals surface area contributed by atoms with Crippen molar-refractivity contribution in [1.82, 2.24) is 9.88 Å². The van der Waals surface area contributed by atoms with Crippen LogP contribution in [-0.4, -0.2) is 36.6 Å². The van der Waals surface area contributed by atoms with Gasteiger partial charge in [-0.25, -0.2) is 4.98 Å². The zero-order valence-corrected chi connectivity index (χ0v) is 17.1. The van der Waals surface area contributed by atoms with E-state index in [0.29, 0.717) is 18.7 Å². The van der Waals surface area contributed by atoms with E-state index in [1.165, 1.54) is 10.3 Å². The number of benzene rings is 2. The van der Waals surface area contributed by atoms with Crippen LogP contribution in [0, 0.1) is 0 Å². The molecule has 2 aromatic carbocycles. The highest BCUT2D eigenvalue weighted by Gasteiger charge is 2.22. The standard InChI is InChI=1S/C22H24N2O3S/c1-26-18-12-15-10-11-24(14-16(15)13-19(18)27-2)22(25)9-5-8-21-23-17-6-3-4-7-20(17)28-21/h3-4,6-7,12-13H,5,8-11,14H2,1-2H3. The third kappa shape index (κ3) is 3.83. The maximum Gasteiger partial charge on any atom is 0.222 e. The summed E-state index contributed by atoms with van der Waals surface area (Å²) < 4.78 is 12.0. The molecule has 1 aliphatic rings. The lowest BCUT2D eigenvalue weighted by Crippen LogP contribution is -2.35. The number of carbonyl (C=O) groups excluding carboxylic acids is 1. The van der Waals surface area contributed by atoms with Gasteiger partial charge in [-0.3, -0.25) is 4.79 Å². The summed E-state index contributed by atoms with van der Waals surface area (Å²) in [5, 5.41) is 1.11. The van der Waals surface area contributed by atoms with E-state index in [1.807, 2.05) is 35.2 Å². The van der Waals surface area contributed by atoms with Crippen LogP contribution in [0.1, 0.15) is 29.0 Å². The van der Waals surface area contributed by atoms with Gasteiger partial charge in [0.15, 0.2) is 11.5 Å². The second kappa shape index (κ2) is 8.19. The number of aromatic nitrogens is 1. The van der Waals surface area contributed by atoms with Crippen molar-refractivity contribution in [1.29, 1.82) is 0 Å². The second-order valence-corrected chi connectivity index (χ2v) is 8.09. The summed E-state index contributed by atoms with van der Waals surface area (Å²) in [5.74, 6) is 1.67. The number of aryl methyl sites for hydroxylation is 1. The molecule has 28 heavy (non-hydrogen) atoms. The Bertz CT molecular complexity index is 966. The first-order valence-electron chi connectivity index (χ1n) is 9.54. The predicted octanol–water partition coefficient (Wildman–Crippen LogP) is 4.22. The van der Waals surface area contributed by atoms with Crippen molar-refractivity contribution < 1.29 is 14.3 Å². The molecule has 2 heterocycles. The van der Waals surface area contributed by atoms with Gasteiger partial charge in [-0.1, -0.05) is 12.1 Å². The van der Waals surface area contributed by atoms with Gasteiger partial charge in [-0.05, 0) is 54.7 Å². The summed E-state index contributed by atoms with van der Waals surface area (Å²) in [6.07, 6.45) is 3.08. The van der Waals surface area contributed by atoms with Crippen molar-refractivity contribution >= 4 is 27.5 Å². The molecule has 0 unspecified atom stereocenters. The third-order valence-electron chi connectivity index (χ3n) is 5.19. The van der Waals surface area contributed by atoms with E-state index in [9.17, 15) is 4.79 Å². The third-order valence-corrected chi connectivity index (χ3v) is 6.29. The Labute approximate surface area is 168 Å². The van der Waals surface area contributed by atoms with Crippen molar-refractivity contribution in [3.8, 4) is 11.5 Å². The number of carbonyl (C=O) groups is 1. The highest BCUT2D eigenvalue weighted by atomic mass is 32.1. The second-order valence-electron chi connectivity index (χ2n) is 6.97. The molecule has 0 aliphatic carbocycles. The number of hydrogen-bond acceptors (Lipinski definition) is 5. The van der Waals surface area contributed by atoms with Crippen molar-refractivity contribution in [3.63, 3.8) is 0 Å². The SMILES string of the molecule is COc1cc2c(cc1OC)CN(C(=O)CCCc1nc3ccccc3s1)CC2. The highest BCUT2D eigenvalue weighted by molar-refractivity contribution is 7.18. The maximum atomic E-state index is 12.7. The Morgan fingerprint density at radius 1 is 1.14 bits per heavy atom. The van der Waals surface area contributed by atoms with Crippen molar-refractivity contribution in [2.75, 3.05) is 20.8 Å². The normalized spacial score (nSPS) is 13.4. The molecule has 0 fully saturated rings. The molecule has 6 heteroatoms. The number of hydrogen-bond donors (Lipinski definition) is 0. The quantitative estimate of drug-likeness (QED) is 0.626. The van der Waals surface area contributed by atoms with E-state index in [1.54, 1.807) is 25.6 Å². The molecule has 0 spiro atoms. The molecule has 0 N–H and O–H groups in total. The summed E-state index contributed by atoms with van der Waals surface area (Å²) in [6, 6.07) is 12.2. The summed E-state index contributed by atoms with van der Waals surface area (Å²) >= 11 is 1.72. The van der Waals surface area contributed by atoms with Crippen LogP contribution in [0.3, 0.4) is 0 Å². The van der Waals surface area contributed by atoms with Gasteiger partial charge < -0.3 is 14.4 Å². The minimum absolute atomic E-state index is 0.210. The number of rotatable bonds is 6. The molecule has 3 aromatic rings. The monoisotopic (exact) mass is 396 g/mol. The number of amides is 1. The molecule has 0 saturated heterocycles. The maximum absolute atomic E-state index is 12.7. The summed E-state index contributed by atoms with van der Waals surface area (Å²) in [6.45, 7) is 1.39. The first kappa shape index (κ1) is 18.7. The van der Waals surface area contributed by atoms with Gasteiger partial charge in [-0.15, -0.1) is 11.3 Å². The lowest BCUT2D eigenvalue weighted by molar-refractivity contribution is -0.132. The van der Waals surface area contributed by atoms with Gasteiger partial charge in [0.05, 0.1) is 29.4 Å². The van der Waals surface area contributed by atoms with E-state index in [2.05, 4.69) is 11.1 Å². The van der Waals surface area contributed by atoms with Crippen LogP contribution < -0.4 is 9.47 Å². The number of thiazole rings is 1. The number of fused-ring (bicyclic) bond motifs is 2. The number of para-hydroxylation sites is 1. The average Bonchev–Trinajstić information content (AvgIpc) is 3.14. The average molecular weight is 397 g/mol. The summed E-state index contributed by atoms with van der Waals surface area (Å²) in [7, 11) is 3.28. The van der Waals surface area contributed by atoms with E-state index in [-0.39, 0.29) is 5.91 Å². The first-order valence-corrected chi connectivity index (χ1v) is 10.4. The van der Waals surface area contributed by atoms with Crippen molar-refractivity contribution in [2.24, 2.45) is 0 Å². The largest absolute Gasteiger partial charge is 0.493 e. The molecule has 1 aliphatic heterocycles. The molecule has 1 amide bonds. The van der Waals surface area contributed by atoms with Gasteiger partial charge >= 0.3 is 0 Å². The van der Waals surface area contributed by atoms with Crippen LogP contribution >= 0.6 is 11.3 Å². The van der Waals surface area contributed by atoms with Crippen LogP contribution in [0.2, 0.25) is 0 Å². The van der Waals surface area contributed by atoms with Gasteiger partial charge in [0.1, 0.15) is 0 Å². The molecule has 5 nitrogen and oxygen atoms in total. The topological polar surface area (TPSA) is 51.7 Å². The summed E-state index contributed by atoms with van der Waals surface area (Å²) in [5.41, 5.74) is 3.42. The Morgan fingerprint density at radius 3 is 2.64 bits per heavy atom. The van der Waals surface area contributed by atoms with Crippen molar-refractivity contribution in [2.45, 2.75) is 32.2 Å². The van der Waals surface area contributed by atoms with Crippen LogP contribution in [0.5, 0.6) is 11.5 Å². The minimum Gasteiger partial charge on any atom is -0.493 e. The Balaban J connectivity index is 1.35. The number of methoxy groups -OCH3 is 2. The lowest BCUT2D eigenvalue weighted by atomic mass is 9.98. The van der Waals surface area contributed by atoms with Gasteiger partial charge in [-0.2, -0.15) is 0 Å². The highest BCUT2D eigenvalue weighted by Crippen LogP contribution is 2.33. The molecule has 0 saturated carbocycles. The van der Waals surface area contributed by atoms with Crippen molar-refractivity contribution in [3.05, 3.63) is 52.5 Å². The van der Waals surface area contributed by atoms with Gasteiger partial charge in [0.25, 0.3) is 0 Å². The van der Waals surface area contributed by atoms with E-state index >= 15 is 0 Å². The Hall–Kier alpha value is -2.60. The van der Waals surface area contributed by atoms with E-state index in [0.717, 1.165) is 47.6 Å². The molecule has 0 bridgehead atoms. The molecule has 0 radical (unpaired) electrons. The Kier molecular flexibility index (Phi) is 5.48. The molecule has 0 atom stereocenters. The fourth-order valence-electron chi connectivity index (χ4n) is 3.67. The van der Waals surface area contributed by atoms with Crippen LogP contribution in [0.4, 0.5) is 0 Å². The zero-order valence-electron chi connectivity index (χ0n) is 16.2. The van der Waals surface area contributed by atoms with Crippen LogP contribution in [0.25, 0.3) is 10.2 Å². The predicted molar refractivity (Wildman–Crippen MR) is 111 cm³/mol. The fourth-order valence-corrected chi connectivity index (χ4v) is 4.68. The molecular weight excluding hydrogens is 372 g/mol. The fraction of sp³-hybridized carbons (Fsp3) is 0.364. The van der Waals surface area contributed by atoms with E-state index in [4.69, 9.17) is 9.47 Å². The Morgan fingerprint density at radius 2 is 1.89 bits per heavy atom. The van der Waals surface area contributed by atoms with E-state index < -0.39 is 0 Å². The molecule has 1 aromatic heterocycles. The molecule has 4 rings (SSSR count). The minimum atomic E-state index is 0.210. The number of nitrogens with zero attached hydrogens (tertiary/aromatic N) is 2. The van der Waals surface area contributed by atoms with Gasteiger partial charge in [0, 0.05) is 19.5 Å². The van der Waals surface area contributed by atoms with Crippen LogP contribution in [0.15, 0.2) is 36.4 Å². The van der Waals surface area contributed by atoms with Gasteiger partial charge in [0.2, 0.25) is 5.91 Å². The smallest absolute Gasteiger partial charge is 0.222 e. The lowest BCUT2D eigenvalue weighted by Gasteiger charge is -2.29. The summed E-state index contributed by atoms with van der Waals surface area (Å²) in [4.78, 5) is 19.3. The molecular formula is C22H24N2O3S. The first-order chi connectivity index (χ1) is 13.7. The molecule has 146 valence electrons. The zero-order chi connectivity index (χ0) is 19.5. The number of ether oxygens (including phenoxy) is 2.